The van der Waals surface area contributed by atoms with E-state index in [-0.39, 0.29) is 5.91 Å². The molecule has 0 aliphatic heterocycles. The number of hydrogen-bond donors (Lipinski definition) is 1. The molecular formula is C15H19N3OS. The zero-order valence-electron chi connectivity index (χ0n) is 11.8. The molecule has 1 N–H and O–H groups in total. The first-order valence-electron chi connectivity index (χ1n) is 6.76. The molecule has 2 rings (SSSR count). The molecule has 0 saturated carbocycles. The van der Waals surface area contributed by atoms with Gasteiger partial charge in [-0.05, 0) is 24.5 Å². The van der Waals surface area contributed by atoms with Crippen LogP contribution in [-0.4, -0.2) is 22.4 Å². The van der Waals surface area contributed by atoms with E-state index in [9.17, 15) is 4.79 Å². The number of thiazole rings is 1. The van der Waals surface area contributed by atoms with Crippen LogP contribution in [0.5, 0.6) is 0 Å². The summed E-state index contributed by atoms with van der Waals surface area (Å²) in [5, 5.41) is 5.80. The predicted octanol–water partition coefficient (Wildman–Crippen LogP) is 2.91. The topological polar surface area (TPSA) is 54.9 Å². The van der Waals surface area contributed by atoms with Crippen molar-refractivity contribution >= 4 is 17.2 Å². The third-order valence-electron chi connectivity index (χ3n) is 2.86. The molecule has 2 heterocycles. The number of pyridine rings is 1. The molecule has 1 amide bonds. The molecule has 0 bridgehead atoms. The summed E-state index contributed by atoms with van der Waals surface area (Å²) in [6, 6.07) is 3.84. The van der Waals surface area contributed by atoms with Crippen molar-refractivity contribution in [3.05, 3.63) is 35.6 Å². The second kappa shape index (κ2) is 7.14. The van der Waals surface area contributed by atoms with Crippen molar-refractivity contribution in [2.24, 2.45) is 5.92 Å². The second-order valence-corrected chi connectivity index (χ2v) is 5.95. The quantitative estimate of drug-likeness (QED) is 0.889. The summed E-state index contributed by atoms with van der Waals surface area (Å²) in [5.74, 6) is 0.644. The highest BCUT2D eigenvalue weighted by molar-refractivity contribution is 7.13. The fourth-order valence-electron chi connectivity index (χ4n) is 1.74. The van der Waals surface area contributed by atoms with Gasteiger partial charge in [-0.3, -0.25) is 9.78 Å². The Bertz CT molecular complexity index is 551. The van der Waals surface area contributed by atoms with E-state index in [0.29, 0.717) is 12.3 Å². The Hall–Kier alpha value is -1.75. The molecule has 106 valence electrons. The molecule has 0 radical (unpaired) electrons. The molecule has 2 aromatic rings. The first kappa shape index (κ1) is 14.7. The van der Waals surface area contributed by atoms with E-state index in [1.165, 1.54) is 0 Å². The highest BCUT2D eigenvalue weighted by atomic mass is 32.1. The molecule has 4 nitrogen and oxygen atoms in total. The van der Waals surface area contributed by atoms with E-state index >= 15 is 0 Å². The zero-order chi connectivity index (χ0) is 14.4. The normalized spacial score (nSPS) is 10.8. The van der Waals surface area contributed by atoms with Gasteiger partial charge in [-0.1, -0.05) is 13.8 Å². The number of amides is 1. The van der Waals surface area contributed by atoms with Gasteiger partial charge in [-0.25, -0.2) is 4.98 Å². The molecule has 2 aromatic heterocycles. The van der Waals surface area contributed by atoms with E-state index < -0.39 is 0 Å². The Morgan fingerprint density at radius 3 is 2.80 bits per heavy atom. The van der Waals surface area contributed by atoms with Crippen LogP contribution in [0.2, 0.25) is 0 Å². The molecule has 0 aliphatic rings. The summed E-state index contributed by atoms with van der Waals surface area (Å²) in [4.78, 5) is 20.3. The van der Waals surface area contributed by atoms with Gasteiger partial charge >= 0.3 is 0 Å². The molecule has 0 atom stereocenters. The molecule has 0 unspecified atom stereocenters. The first-order valence-corrected chi connectivity index (χ1v) is 7.64. The van der Waals surface area contributed by atoms with Crippen molar-refractivity contribution in [2.75, 3.05) is 6.54 Å². The zero-order valence-corrected chi connectivity index (χ0v) is 12.6. The number of aromatic nitrogens is 2. The SMILES string of the molecule is CC(C)CCNC(=O)Cc1csc(-c2ccncc2)n1. The number of carbonyl (C=O) groups excluding carboxylic acids is 1. The number of rotatable bonds is 6. The minimum atomic E-state index is 0.0391. The van der Waals surface area contributed by atoms with Crippen LogP contribution in [0.4, 0.5) is 0 Å². The number of hydrogen-bond acceptors (Lipinski definition) is 4. The minimum absolute atomic E-state index is 0.0391. The lowest BCUT2D eigenvalue weighted by Gasteiger charge is -2.05. The molecule has 5 heteroatoms. The molecule has 0 saturated heterocycles. The van der Waals surface area contributed by atoms with E-state index in [0.717, 1.165) is 29.2 Å². The third kappa shape index (κ3) is 4.42. The van der Waals surface area contributed by atoms with Gasteiger partial charge in [-0.15, -0.1) is 11.3 Å². The van der Waals surface area contributed by atoms with Gasteiger partial charge in [0.2, 0.25) is 5.91 Å². The summed E-state index contributed by atoms with van der Waals surface area (Å²) in [6.45, 7) is 5.03. The smallest absolute Gasteiger partial charge is 0.226 e. The van der Waals surface area contributed by atoms with Gasteiger partial charge in [-0.2, -0.15) is 0 Å². The highest BCUT2D eigenvalue weighted by Gasteiger charge is 2.08. The average Bonchev–Trinajstić information content (AvgIpc) is 2.88. The van der Waals surface area contributed by atoms with Crippen molar-refractivity contribution in [1.29, 1.82) is 0 Å². The van der Waals surface area contributed by atoms with Crippen LogP contribution in [-0.2, 0) is 11.2 Å². The van der Waals surface area contributed by atoms with Gasteiger partial charge < -0.3 is 5.32 Å². The van der Waals surface area contributed by atoms with Crippen LogP contribution in [0.15, 0.2) is 29.9 Å². The summed E-state index contributed by atoms with van der Waals surface area (Å²) < 4.78 is 0. The monoisotopic (exact) mass is 289 g/mol. The third-order valence-corrected chi connectivity index (χ3v) is 3.80. The predicted molar refractivity (Wildman–Crippen MR) is 81.5 cm³/mol. The van der Waals surface area contributed by atoms with Crippen LogP contribution >= 0.6 is 11.3 Å². The van der Waals surface area contributed by atoms with Gasteiger partial charge in [0.1, 0.15) is 5.01 Å². The van der Waals surface area contributed by atoms with Crippen LogP contribution in [0.3, 0.4) is 0 Å². The lowest BCUT2D eigenvalue weighted by atomic mass is 10.1. The average molecular weight is 289 g/mol. The van der Waals surface area contributed by atoms with Crippen LogP contribution in [0.25, 0.3) is 10.6 Å². The van der Waals surface area contributed by atoms with Crippen LogP contribution in [0, 0.1) is 5.92 Å². The summed E-state index contributed by atoms with van der Waals surface area (Å²) in [7, 11) is 0. The van der Waals surface area contributed by atoms with E-state index in [1.807, 2.05) is 17.5 Å². The van der Waals surface area contributed by atoms with Crippen molar-refractivity contribution < 1.29 is 4.79 Å². The minimum Gasteiger partial charge on any atom is -0.356 e. The maximum atomic E-state index is 11.8. The van der Waals surface area contributed by atoms with Crippen LogP contribution in [0.1, 0.15) is 26.0 Å². The molecule has 0 aliphatic carbocycles. The fourth-order valence-corrected chi connectivity index (χ4v) is 2.57. The number of carbonyl (C=O) groups is 1. The van der Waals surface area contributed by atoms with E-state index in [1.54, 1.807) is 23.7 Å². The number of nitrogens with one attached hydrogen (secondary N) is 1. The Kier molecular flexibility index (Phi) is 5.24. The molecular weight excluding hydrogens is 270 g/mol. The van der Waals surface area contributed by atoms with Gasteiger partial charge in [0.15, 0.2) is 0 Å². The standard InChI is InChI=1S/C15H19N3OS/c1-11(2)3-8-17-14(19)9-13-10-20-15(18-13)12-4-6-16-7-5-12/h4-7,10-11H,3,8-9H2,1-2H3,(H,17,19). The Labute approximate surface area is 123 Å². The Morgan fingerprint density at radius 2 is 2.10 bits per heavy atom. The Morgan fingerprint density at radius 1 is 1.35 bits per heavy atom. The molecule has 0 fully saturated rings. The maximum Gasteiger partial charge on any atom is 0.226 e. The van der Waals surface area contributed by atoms with Crippen molar-refractivity contribution in [3.8, 4) is 10.6 Å². The van der Waals surface area contributed by atoms with E-state index in [2.05, 4.69) is 29.1 Å². The first-order chi connectivity index (χ1) is 9.65. The Balaban J connectivity index is 1.88. The lowest BCUT2D eigenvalue weighted by molar-refractivity contribution is -0.120. The largest absolute Gasteiger partial charge is 0.356 e. The van der Waals surface area contributed by atoms with Crippen molar-refractivity contribution in [1.82, 2.24) is 15.3 Å². The van der Waals surface area contributed by atoms with Gasteiger partial charge in [0, 0.05) is 29.9 Å². The molecule has 0 spiro atoms. The van der Waals surface area contributed by atoms with Crippen LogP contribution < -0.4 is 5.32 Å². The summed E-state index contributed by atoms with van der Waals surface area (Å²) in [6.07, 6.45) is 4.84. The number of nitrogens with zero attached hydrogens (tertiary/aromatic N) is 2. The fraction of sp³-hybridized carbons (Fsp3) is 0.400. The van der Waals surface area contributed by atoms with Crippen molar-refractivity contribution in [2.45, 2.75) is 26.7 Å². The molecule has 0 aromatic carbocycles. The molecule has 20 heavy (non-hydrogen) atoms. The van der Waals surface area contributed by atoms with Gasteiger partial charge in [0.25, 0.3) is 0 Å². The maximum absolute atomic E-state index is 11.8. The van der Waals surface area contributed by atoms with E-state index in [4.69, 9.17) is 0 Å². The summed E-state index contributed by atoms with van der Waals surface area (Å²) in [5.41, 5.74) is 1.86. The van der Waals surface area contributed by atoms with Gasteiger partial charge in [0.05, 0.1) is 12.1 Å². The second-order valence-electron chi connectivity index (χ2n) is 5.09. The van der Waals surface area contributed by atoms with Crippen molar-refractivity contribution in [3.63, 3.8) is 0 Å². The summed E-state index contributed by atoms with van der Waals surface area (Å²) >= 11 is 1.55. The highest BCUT2D eigenvalue weighted by Crippen LogP contribution is 2.22. The lowest BCUT2D eigenvalue weighted by Crippen LogP contribution is -2.26.